The van der Waals surface area contributed by atoms with Crippen molar-refractivity contribution in [3.05, 3.63) is 59.7 Å². The van der Waals surface area contributed by atoms with E-state index in [4.69, 9.17) is 10.5 Å². The number of amides is 1. The Morgan fingerprint density at radius 2 is 1.84 bits per heavy atom. The predicted molar refractivity (Wildman–Crippen MR) is 107 cm³/mol. The van der Waals surface area contributed by atoms with Crippen LogP contribution < -0.4 is 15.8 Å². The first-order valence-electron chi connectivity index (χ1n) is 7.45. The molecule has 0 fully saturated rings. The summed E-state index contributed by atoms with van der Waals surface area (Å²) >= 11 is 0. The van der Waals surface area contributed by atoms with E-state index in [0.717, 1.165) is 11.3 Å². The van der Waals surface area contributed by atoms with E-state index in [1.807, 2.05) is 38.4 Å². The zero-order valence-electron chi connectivity index (χ0n) is 14.6. The molecular weight excluding hydrogens is 361 g/mol. The van der Waals surface area contributed by atoms with Crippen LogP contribution in [0.4, 0.5) is 5.69 Å². The van der Waals surface area contributed by atoms with E-state index in [0.29, 0.717) is 17.8 Å². The average Bonchev–Trinajstić information content (AvgIpc) is 2.54. The highest BCUT2D eigenvalue weighted by Gasteiger charge is 2.16. The molecule has 0 heterocycles. The molecule has 1 amide bonds. The summed E-state index contributed by atoms with van der Waals surface area (Å²) in [6, 6.07) is 14.9. The molecule has 0 radical (unpaired) electrons. The number of hydrogen-bond donors (Lipinski definition) is 2. The van der Waals surface area contributed by atoms with E-state index in [1.54, 1.807) is 31.4 Å². The third-order valence-corrected chi connectivity index (χ3v) is 3.71. The molecule has 0 aliphatic carbocycles. The second-order valence-corrected chi connectivity index (χ2v) is 5.59. The molecule has 25 heavy (non-hydrogen) atoms. The third kappa shape index (κ3) is 6.46. The van der Waals surface area contributed by atoms with Crippen LogP contribution in [-0.2, 0) is 0 Å². The predicted octanol–water partition coefficient (Wildman–Crippen LogP) is 3.15. The lowest BCUT2D eigenvalue weighted by Gasteiger charge is -2.25. The quantitative estimate of drug-likeness (QED) is 0.749. The molecule has 2 aromatic rings. The Bertz CT molecular complexity index is 681. The van der Waals surface area contributed by atoms with E-state index in [9.17, 15) is 4.79 Å². The third-order valence-electron chi connectivity index (χ3n) is 3.71. The number of nitrogens with two attached hydrogens (primary N) is 1. The monoisotopic (exact) mass is 385 g/mol. The van der Waals surface area contributed by atoms with Crippen LogP contribution >= 0.6 is 24.8 Å². The number of nitrogens with one attached hydrogen (secondary N) is 1. The molecular formula is C18H25Cl2N3O2. The van der Waals surface area contributed by atoms with Crippen LogP contribution in [0.2, 0.25) is 0 Å². The van der Waals surface area contributed by atoms with Crippen molar-refractivity contribution in [1.82, 2.24) is 10.2 Å². The number of carbonyl (C=O) groups is 1. The molecule has 0 spiro atoms. The largest absolute Gasteiger partial charge is 0.497 e. The van der Waals surface area contributed by atoms with Gasteiger partial charge in [0.05, 0.1) is 13.2 Å². The van der Waals surface area contributed by atoms with Gasteiger partial charge < -0.3 is 20.7 Å². The fourth-order valence-corrected chi connectivity index (χ4v) is 2.42. The maximum atomic E-state index is 12.3. The van der Waals surface area contributed by atoms with Gasteiger partial charge in [-0.1, -0.05) is 18.2 Å². The van der Waals surface area contributed by atoms with Crippen LogP contribution in [0.15, 0.2) is 48.5 Å². The van der Waals surface area contributed by atoms with Crippen molar-refractivity contribution in [2.45, 2.75) is 6.04 Å². The summed E-state index contributed by atoms with van der Waals surface area (Å²) in [6.45, 7) is 0.494. The molecule has 0 aliphatic heterocycles. The molecule has 2 rings (SSSR count). The Morgan fingerprint density at radius 3 is 2.44 bits per heavy atom. The number of benzene rings is 2. The first-order chi connectivity index (χ1) is 11.0. The SMILES string of the molecule is COc1cccc(C(CNC(=O)c2cccc(N)c2)N(C)C)c1.Cl.Cl. The summed E-state index contributed by atoms with van der Waals surface area (Å²) in [5, 5.41) is 2.97. The lowest BCUT2D eigenvalue weighted by molar-refractivity contribution is 0.0942. The molecule has 5 nitrogen and oxygen atoms in total. The number of methoxy groups -OCH3 is 1. The minimum absolute atomic E-state index is 0. The van der Waals surface area contributed by atoms with E-state index in [-0.39, 0.29) is 36.8 Å². The molecule has 138 valence electrons. The number of rotatable bonds is 6. The molecule has 0 aliphatic rings. The molecule has 3 N–H and O–H groups in total. The van der Waals surface area contributed by atoms with Gasteiger partial charge in [0.1, 0.15) is 5.75 Å². The van der Waals surface area contributed by atoms with Crippen LogP contribution in [0.3, 0.4) is 0 Å². The fourth-order valence-electron chi connectivity index (χ4n) is 2.42. The number of halogens is 2. The van der Waals surface area contributed by atoms with Crippen LogP contribution in [0.5, 0.6) is 5.75 Å². The second-order valence-electron chi connectivity index (χ2n) is 5.59. The van der Waals surface area contributed by atoms with Crippen LogP contribution in [-0.4, -0.2) is 38.6 Å². The van der Waals surface area contributed by atoms with Crippen LogP contribution in [0.1, 0.15) is 22.0 Å². The smallest absolute Gasteiger partial charge is 0.251 e. The summed E-state index contributed by atoms with van der Waals surface area (Å²) in [6.07, 6.45) is 0. The van der Waals surface area contributed by atoms with Crippen molar-refractivity contribution < 1.29 is 9.53 Å². The van der Waals surface area contributed by atoms with E-state index < -0.39 is 0 Å². The number of ether oxygens (including phenoxy) is 1. The van der Waals surface area contributed by atoms with Gasteiger partial charge in [0.25, 0.3) is 5.91 Å². The topological polar surface area (TPSA) is 67.6 Å². The van der Waals surface area contributed by atoms with E-state index in [1.165, 1.54) is 0 Å². The van der Waals surface area contributed by atoms with Gasteiger partial charge in [-0.3, -0.25) is 4.79 Å². The Balaban J connectivity index is 0.00000288. The second kappa shape index (κ2) is 10.8. The van der Waals surface area contributed by atoms with Gasteiger partial charge in [0.15, 0.2) is 0 Å². The summed E-state index contributed by atoms with van der Waals surface area (Å²) < 4.78 is 5.27. The molecule has 0 saturated carbocycles. The first-order valence-corrected chi connectivity index (χ1v) is 7.45. The fraction of sp³-hybridized carbons (Fsp3) is 0.278. The number of hydrogen-bond acceptors (Lipinski definition) is 4. The van der Waals surface area contributed by atoms with Crippen molar-refractivity contribution in [2.24, 2.45) is 0 Å². The molecule has 2 aromatic carbocycles. The normalized spacial score (nSPS) is 11.0. The Hall–Kier alpha value is -1.95. The van der Waals surface area contributed by atoms with Crippen molar-refractivity contribution in [3.63, 3.8) is 0 Å². The number of nitrogen functional groups attached to an aromatic ring is 1. The Morgan fingerprint density at radius 1 is 1.16 bits per heavy atom. The molecule has 1 atom stereocenters. The van der Waals surface area contributed by atoms with Crippen molar-refractivity contribution in [1.29, 1.82) is 0 Å². The number of carbonyl (C=O) groups excluding carboxylic acids is 1. The summed E-state index contributed by atoms with van der Waals surface area (Å²) in [5.74, 6) is 0.670. The minimum atomic E-state index is -0.132. The van der Waals surface area contributed by atoms with Crippen molar-refractivity contribution in [2.75, 3.05) is 33.5 Å². The van der Waals surface area contributed by atoms with Crippen molar-refractivity contribution >= 4 is 36.4 Å². The van der Waals surface area contributed by atoms with Gasteiger partial charge in [-0.25, -0.2) is 0 Å². The van der Waals surface area contributed by atoms with Gasteiger partial charge in [-0.2, -0.15) is 0 Å². The van der Waals surface area contributed by atoms with E-state index >= 15 is 0 Å². The lowest BCUT2D eigenvalue weighted by Crippen LogP contribution is -2.34. The minimum Gasteiger partial charge on any atom is -0.497 e. The van der Waals surface area contributed by atoms with Gasteiger partial charge >= 0.3 is 0 Å². The average molecular weight is 386 g/mol. The Kier molecular flexibility index (Phi) is 9.98. The number of nitrogens with zero attached hydrogens (tertiary/aromatic N) is 1. The highest BCUT2D eigenvalue weighted by molar-refractivity contribution is 5.95. The molecule has 0 bridgehead atoms. The highest BCUT2D eigenvalue weighted by atomic mass is 35.5. The van der Waals surface area contributed by atoms with Gasteiger partial charge in [0.2, 0.25) is 0 Å². The summed E-state index contributed by atoms with van der Waals surface area (Å²) in [7, 11) is 5.61. The summed E-state index contributed by atoms with van der Waals surface area (Å²) in [4.78, 5) is 14.3. The van der Waals surface area contributed by atoms with Gasteiger partial charge in [-0.15, -0.1) is 24.8 Å². The standard InChI is InChI=1S/C18H23N3O2.2ClH/c1-21(2)17(13-6-5-9-16(11-13)23-3)12-20-18(22)14-7-4-8-15(19)10-14;;/h4-11,17H,12,19H2,1-3H3,(H,20,22);2*1H. The molecule has 1 unspecified atom stereocenters. The molecule has 0 saturated heterocycles. The lowest BCUT2D eigenvalue weighted by atomic mass is 10.1. The van der Waals surface area contributed by atoms with Gasteiger partial charge in [0, 0.05) is 17.8 Å². The first kappa shape index (κ1) is 23.1. The van der Waals surface area contributed by atoms with Crippen molar-refractivity contribution in [3.8, 4) is 5.75 Å². The number of anilines is 1. The summed E-state index contributed by atoms with van der Waals surface area (Å²) in [5.41, 5.74) is 7.95. The van der Waals surface area contributed by atoms with Gasteiger partial charge in [-0.05, 0) is 50.0 Å². The maximum absolute atomic E-state index is 12.3. The number of likely N-dealkylation sites (N-methyl/N-ethyl adjacent to an activating group) is 1. The van der Waals surface area contributed by atoms with Crippen LogP contribution in [0, 0.1) is 0 Å². The molecule has 0 aromatic heterocycles. The zero-order valence-corrected chi connectivity index (χ0v) is 16.2. The molecule has 7 heteroatoms. The van der Waals surface area contributed by atoms with Crippen LogP contribution in [0.25, 0.3) is 0 Å². The van der Waals surface area contributed by atoms with E-state index in [2.05, 4.69) is 10.2 Å². The Labute approximate surface area is 161 Å². The highest BCUT2D eigenvalue weighted by Crippen LogP contribution is 2.22. The zero-order chi connectivity index (χ0) is 16.8. The maximum Gasteiger partial charge on any atom is 0.251 e.